The highest BCUT2D eigenvalue weighted by Gasteiger charge is 2.16. The van der Waals surface area contributed by atoms with Crippen molar-refractivity contribution in [2.75, 3.05) is 5.75 Å². The molecule has 4 heteroatoms. The molecule has 0 radical (unpaired) electrons. The van der Waals surface area contributed by atoms with E-state index < -0.39 is 10.0 Å². The lowest BCUT2D eigenvalue weighted by molar-refractivity contribution is 0.359. The highest BCUT2D eigenvalue weighted by Crippen LogP contribution is 2.22. The molecule has 110 valence electrons. The van der Waals surface area contributed by atoms with Crippen LogP contribution in [-0.4, -0.2) is 20.2 Å². The van der Waals surface area contributed by atoms with E-state index in [2.05, 4.69) is 25.5 Å². The van der Waals surface area contributed by atoms with Crippen LogP contribution in [0.1, 0.15) is 67.2 Å². The molecule has 0 spiro atoms. The van der Waals surface area contributed by atoms with E-state index in [9.17, 15) is 8.42 Å². The Hall–Kier alpha value is -0.0900. The second-order valence-electron chi connectivity index (χ2n) is 6.84. The van der Waals surface area contributed by atoms with Crippen LogP contribution in [0.4, 0.5) is 0 Å². The summed E-state index contributed by atoms with van der Waals surface area (Å²) in [4.78, 5) is 0. The third-order valence-electron chi connectivity index (χ3n) is 3.21. The van der Waals surface area contributed by atoms with Crippen molar-refractivity contribution in [2.24, 2.45) is 11.3 Å². The van der Waals surface area contributed by atoms with E-state index in [0.29, 0.717) is 11.3 Å². The van der Waals surface area contributed by atoms with Crippen LogP contribution in [0, 0.1) is 11.3 Å². The van der Waals surface area contributed by atoms with Gasteiger partial charge in [0.25, 0.3) is 0 Å². The SMILES string of the molecule is CC(C)C(C)NS(=O)(=O)CCCCCC(C)(C)C. The van der Waals surface area contributed by atoms with Crippen molar-refractivity contribution >= 4 is 10.0 Å². The van der Waals surface area contributed by atoms with E-state index in [1.165, 1.54) is 0 Å². The summed E-state index contributed by atoms with van der Waals surface area (Å²) in [7, 11) is -3.09. The van der Waals surface area contributed by atoms with Gasteiger partial charge >= 0.3 is 0 Å². The second kappa shape index (κ2) is 7.49. The van der Waals surface area contributed by atoms with E-state index >= 15 is 0 Å². The number of hydrogen-bond donors (Lipinski definition) is 1. The van der Waals surface area contributed by atoms with Gasteiger partial charge in [-0.05, 0) is 31.1 Å². The van der Waals surface area contributed by atoms with Crippen molar-refractivity contribution in [3.8, 4) is 0 Å². The monoisotopic (exact) mass is 277 g/mol. The summed E-state index contributed by atoms with van der Waals surface area (Å²) >= 11 is 0. The summed E-state index contributed by atoms with van der Waals surface area (Å²) in [6.45, 7) is 12.6. The maximum atomic E-state index is 11.8. The molecule has 0 aliphatic carbocycles. The maximum absolute atomic E-state index is 11.8. The van der Waals surface area contributed by atoms with E-state index in [1.807, 2.05) is 20.8 Å². The number of rotatable bonds is 8. The summed E-state index contributed by atoms with van der Waals surface area (Å²) in [6, 6.07) is 0.0181. The third-order valence-corrected chi connectivity index (χ3v) is 4.76. The molecule has 0 bridgehead atoms. The molecular formula is C14H31NO2S. The average Bonchev–Trinajstić information content (AvgIpc) is 2.14. The Morgan fingerprint density at radius 2 is 1.56 bits per heavy atom. The fourth-order valence-corrected chi connectivity index (χ4v) is 3.14. The van der Waals surface area contributed by atoms with Crippen molar-refractivity contribution in [3.63, 3.8) is 0 Å². The molecule has 1 unspecified atom stereocenters. The van der Waals surface area contributed by atoms with Crippen molar-refractivity contribution in [2.45, 2.75) is 73.3 Å². The normalized spacial score (nSPS) is 15.1. The van der Waals surface area contributed by atoms with Crippen molar-refractivity contribution in [3.05, 3.63) is 0 Å². The van der Waals surface area contributed by atoms with Crippen molar-refractivity contribution in [1.29, 1.82) is 0 Å². The van der Waals surface area contributed by atoms with E-state index in [0.717, 1.165) is 25.7 Å². The zero-order chi connectivity index (χ0) is 14.4. The number of nitrogens with one attached hydrogen (secondary N) is 1. The van der Waals surface area contributed by atoms with Crippen LogP contribution < -0.4 is 4.72 Å². The van der Waals surface area contributed by atoms with Gasteiger partial charge in [0.2, 0.25) is 10.0 Å². The van der Waals surface area contributed by atoms with Gasteiger partial charge in [-0.2, -0.15) is 0 Å². The summed E-state index contributed by atoms with van der Waals surface area (Å²) in [5.41, 5.74) is 0.350. The third kappa shape index (κ3) is 9.89. The molecule has 0 aromatic carbocycles. The predicted molar refractivity (Wildman–Crippen MR) is 79.1 cm³/mol. The molecule has 0 saturated carbocycles. The summed E-state index contributed by atoms with van der Waals surface area (Å²) in [5.74, 6) is 0.592. The summed E-state index contributed by atoms with van der Waals surface area (Å²) < 4.78 is 26.3. The molecule has 0 amide bonds. The van der Waals surface area contributed by atoms with Gasteiger partial charge in [0.1, 0.15) is 0 Å². The van der Waals surface area contributed by atoms with Gasteiger partial charge in [0.15, 0.2) is 0 Å². The molecule has 18 heavy (non-hydrogen) atoms. The van der Waals surface area contributed by atoms with Gasteiger partial charge in [-0.3, -0.25) is 0 Å². The summed E-state index contributed by atoms with van der Waals surface area (Å²) in [6.07, 6.45) is 4.02. The highest BCUT2D eigenvalue weighted by molar-refractivity contribution is 7.89. The average molecular weight is 277 g/mol. The maximum Gasteiger partial charge on any atom is 0.211 e. The second-order valence-corrected chi connectivity index (χ2v) is 8.71. The molecular weight excluding hydrogens is 246 g/mol. The lowest BCUT2D eigenvalue weighted by Gasteiger charge is -2.18. The van der Waals surface area contributed by atoms with E-state index in [-0.39, 0.29) is 11.8 Å². The first kappa shape index (κ1) is 17.9. The minimum Gasteiger partial charge on any atom is -0.212 e. The van der Waals surface area contributed by atoms with E-state index in [4.69, 9.17) is 0 Å². The van der Waals surface area contributed by atoms with Crippen LogP contribution >= 0.6 is 0 Å². The smallest absolute Gasteiger partial charge is 0.211 e. The lowest BCUT2D eigenvalue weighted by atomic mass is 9.90. The topological polar surface area (TPSA) is 46.2 Å². The quantitative estimate of drug-likeness (QED) is 0.690. The fourth-order valence-electron chi connectivity index (χ4n) is 1.60. The Morgan fingerprint density at radius 3 is 2.00 bits per heavy atom. The number of hydrogen-bond acceptors (Lipinski definition) is 2. The Bertz CT molecular complexity index is 315. The van der Waals surface area contributed by atoms with Crippen LogP contribution in [0.5, 0.6) is 0 Å². The fraction of sp³-hybridized carbons (Fsp3) is 1.00. The first-order valence-electron chi connectivity index (χ1n) is 7.03. The van der Waals surface area contributed by atoms with Gasteiger partial charge in [-0.25, -0.2) is 13.1 Å². The van der Waals surface area contributed by atoms with Gasteiger partial charge in [0.05, 0.1) is 5.75 Å². The molecule has 0 aliphatic rings. The molecule has 3 nitrogen and oxygen atoms in total. The van der Waals surface area contributed by atoms with Gasteiger partial charge in [0, 0.05) is 6.04 Å². The first-order chi connectivity index (χ1) is 8.03. The minimum atomic E-state index is -3.09. The van der Waals surface area contributed by atoms with Crippen LogP contribution in [0.3, 0.4) is 0 Å². The molecule has 0 saturated heterocycles. The molecule has 0 aromatic rings. The molecule has 0 aliphatic heterocycles. The van der Waals surface area contributed by atoms with Crippen LogP contribution in [0.2, 0.25) is 0 Å². The summed E-state index contributed by atoms with van der Waals surface area (Å²) in [5, 5.41) is 0. The van der Waals surface area contributed by atoms with Crippen LogP contribution in [-0.2, 0) is 10.0 Å². The lowest BCUT2D eigenvalue weighted by Crippen LogP contribution is -2.37. The highest BCUT2D eigenvalue weighted by atomic mass is 32.2. The number of unbranched alkanes of at least 4 members (excludes halogenated alkanes) is 2. The molecule has 0 fully saturated rings. The Labute approximate surface area is 114 Å². The Morgan fingerprint density at radius 1 is 1.00 bits per heavy atom. The molecule has 0 heterocycles. The Kier molecular flexibility index (Phi) is 7.45. The largest absolute Gasteiger partial charge is 0.212 e. The van der Waals surface area contributed by atoms with Crippen LogP contribution in [0.25, 0.3) is 0 Å². The molecule has 1 N–H and O–H groups in total. The zero-order valence-electron chi connectivity index (χ0n) is 12.9. The molecule has 0 rings (SSSR count). The first-order valence-corrected chi connectivity index (χ1v) is 8.69. The van der Waals surface area contributed by atoms with Crippen molar-refractivity contribution < 1.29 is 8.42 Å². The van der Waals surface area contributed by atoms with Gasteiger partial charge < -0.3 is 0 Å². The number of sulfonamides is 1. The van der Waals surface area contributed by atoms with Gasteiger partial charge in [-0.15, -0.1) is 0 Å². The molecule has 0 aromatic heterocycles. The van der Waals surface area contributed by atoms with E-state index in [1.54, 1.807) is 0 Å². The zero-order valence-corrected chi connectivity index (χ0v) is 13.7. The van der Waals surface area contributed by atoms with Crippen LogP contribution in [0.15, 0.2) is 0 Å². The standard InChI is InChI=1S/C14H31NO2S/c1-12(2)13(3)15-18(16,17)11-9-7-8-10-14(4,5)6/h12-13,15H,7-11H2,1-6H3. The van der Waals surface area contributed by atoms with Gasteiger partial charge in [-0.1, -0.05) is 47.5 Å². The minimum absolute atomic E-state index is 0.0181. The predicted octanol–water partition coefficient (Wildman–Crippen LogP) is 3.56. The van der Waals surface area contributed by atoms with Crippen molar-refractivity contribution in [1.82, 2.24) is 4.72 Å². The molecule has 1 atom stereocenters. The Balaban J connectivity index is 3.85.